The predicted molar refractivity (Wildman–Crippen MR) is 83.2 cm³/mol. The van der Waals surface area contributed by atoms with E-state index in [1.165, 1.54) is 5.56 Å². The first-order valence-electron chi connectivity index (χ1n) is 6.81. The van der Waals surface area contributed by atoms with E-state index in [0.717, 1.165) is 5.69 Å². The average molecular weight is 268 g/mol. The summed E-state index contributed by atoms with van der Waals surface area (Å²) in [4.78, 5) is 12.0. The highest BCUT2D eigenvalue weighted by atomic mass is 16.1. The molecule has 3 heteroatoms. The highest BCUT2D eigenvalue weighted by Crippen LogP contribution is 2.14. The number of hydrogen-bond donors (Lipinski definition) is 2. The summed E-state index contributed by atoms with van der Waals surface area (Å²) in [6.45, 7) is 2.75. The number of nitrogens with one attached hydrogen (secondary N) is 2. The van der Waals surface area contributed by atoms with Gasteiger partial charge >= 0.3 is 0 Å². The second-order valence-corrected chi connectivity index (χ2v) is 4.85. The standard InChI is InChI=1S/C17H20N2O/c1-13(14-6-4-3-5-7-14)12-19-17(20)15-8-10-16(18-2)11-9-15/h3-11,13,18H,12H2,1-2H3,(H,19,20). The molecule has 0 bridgehead atoms. The van der Waals surface area contributed by atoms with Crippen LogP contribution in [0, 0.1) is 0 Å². The zero-order valence-corrected chi connectivity index (χ0v) is 11.9. The summed E-state index contributed by atoms with van der Waals surface area (Å²) in [5.41, 5.74) is 2.92. The predicted octanol–water partition coefficient (Wildman–Crippen LogP) is 3.26. The first-order chi connectivity index (χ1) is 9.70. The normalized spacial score (nSPS) is 11.7. The summed E-state index contributed by atoms with van der Waals surface area (Å²) in [6, 6.07) is 17.7. The molecule has 0 radical (unpaired) electrons. The van der Waals surface area contributed by atoms with Crippen molar-refractivity contribution < 1.29 is 4.79 Å². The number of amides is 1. The van der Waals surface area contributed by atoms with Gasteiger partial charge in [0.1, 0.15) is 0 Å². The maximum absolute atomic E-state index is 12.0. The van der Waals surface area contributed by atoms with Crippen molar-refractivity contribution in [2.75, 3.05) is 18.9 Å². The summed E-state index contributed by atoms with van der Waals surface area (Å²) in [5, 5.41) is 6.01. The molecule has 0 aliphatic heterocycles. The molecule has 0 aromatic heterocycles. The van der Waals surface area contributed by atoms with Crippen molar-refractivity contribution in [3.05, 3.63) is 65.7 Å². The van der Waals surface area contributed by atoms with E-state index in [4.69, 9.17) is 0 Å². The van der Waals surface area contributed by atoms with Gasteiger partial charge in [0.15, 0.2) is 0 Å². The maximum Gasteiger partial charge on any atom is 0.251 e. The van der Waals surface area contributed by atoms with Crippen molar-refractivity contribution in [1.29, 1.82) is 0 Å². The van der Waals surface area contributed by atoms with Crippen LogP contribution in [-0.4, -0.2) is 19.5 Å². The minimum absolute atomic E-state index is 0.0320. The Morgan fingerprint density at radius 1 is 1.05 bits per heavy atom. The van der Waals surface area contributed by atoms with Gasteiger partial charge in [0.2, 0.25) is 0 Å². The van der Waals surface area contributed by atoms with E-state index in [1.54, 1.807) is 0 Å². The van der Waals surface area contributed by atoms with Crippen LogP contribution in [0.5, 0.6) is 0 Å². The maximum atomic E-state index is 12.0. The Balaban J connectivity index is 1.91. The average Bonchev–Trinajstić information content (AvgIpc) is 2.53. The Morgan fingerprint density at radius 3 is 2.30 bits per heavy atom. The SMILES string of the molecule is CNc1ccc(C(=O)NCC(C)c2ccccc2)cc1. The lowest BCUT2D eigenvalue weighted by Crippen LogP contribution is -2.27. The fraction of sp³-hybridized carbons (Fsp3) is 0.235. The van der Waals surface area contributed by atoms with Crippen LogP contribution in [0.1, 0.15) is 28.8 Å². The third-order valence-corrected chi connectivity index (χ3v) is 3.37. The van der Waals surface area contributed by atoms with Gasteiger partial charge in [0.25, 0.3) is 5.91 Å². The van der Waals surface area contributed by atoms with Crippen molar-refractivity contribution in [3.63, 3.8) is 0 Å². The molecular formula is C17H20N2O. The quantitative estimate of drug-likeness (QED) is 0.874. The van der Waals surface area contributed by atoms with Crippen LogP contribution < -0.4 is 10.6 Å². The van der Waals surface area contributed by atoms with E-state index in [9.17, 15) is 4.79 Å². The highest BCUT2D eigenvalue weighted by molar-refractivity contribution is 5.94. The minimum atomic E-state index is -0.0320. The second kappa shape index (κ2) is 6.75. The van der Waals surface area contributed by atoms with Crippen LogP contribution in [0.4, 0.5) is 5.69 Å². The lowest BCUT2D eigenvalue weighted by atomic mass is 10.0. The second-order valence-electron chi connectivity index (χ2n) is 4.85. The lowest BCUT2D eigenvalue weighted by molar-refractivity contribution is 0.0951. The molecule has 3 nitrogen and oxygen atoms in total. The molecule has 2 aromatic rings. The molecule has 1 unspecified atom stereocenters. The third kappa shape index (κ3) is 3.60. The van der Waals surface area contributed by atoms with E-state index in [1.807, 2.05) is 49.5 Å². The highest BCUT2D eigenvalue weighted by Gasteiger charge is 2.09. The molecule has 0 fully saturated rings. The molecule has 0 aliphatic carbocycles. The molecule has 0 saturated carbocycles. The topological polar surface area (TPSA) is 41.1 Å². The summed E-state index contributed by atoms with van der Waals surface area (Å²) in [6.07, 6.45) is 0. The fourth-order valence-electron chi connectivity index (χ4n) is 2.04. The van der Waals surface area contributed by atoms with Gasteiger partial charge in [-0.25, -0.2) is 0 Å². The van der Waals surface area contributed by atoms with Crippen LogP contribution in [-0.2, 0) is 0 Å². The number of carbonyl (C=O) groups excluding carboxylic acids is 1. The monoisotopic (exact) mass is 268 g/mol. The Hall–Kier alpha value is -2.29. The third-order valence-electron chi connectivity index (χ3n) is 3.37. The van der Waals surface area contributed by atoms with Gasteiger partial charge in [0, 0.05) is 24.8 Å². The van der Waals surface area contributed by atoms with Crippen LogP contribution in [0.25, 0.3) is 0 Å². The van der Waals surface area contributed by atoms with Gasteiger partial charge in [-0.05, 0) is 35.7 Å². The zero-order valence-electron chi connectivity index (χ0n) is 11.9. The first kappa shape index (κ1) is 14.1. The fourth-order valence-corrected chi connectivity index (χ4v) is 2.04. The summed E-state index contributed by atoms with van der Waals surface area (Å²) >= 11 is 0. The van der Waals surface area contributed by atoms with Crippen molar-refractivity contribution in [3.8, 4) is 0 Å². The molecular weight excluding hydrogens is 248 g/mol. The van der Waals surface area contributed by atoms with Crippen molar-refractivity contribution in [2.24, 2.45) is 0 Å². The summed E-state index contributed by atoms with van der Waals surface area (Å²) in [5.74, 6) is 0.271. The largest absolute Gasteiger partial charge is 0.388 e. The molecule has 1 amide bonds. The van der Waals surface area contributed by atoms with E-state index < -0.39 is 0 Å². The molecule has 20 heavy (non-hydrogen) atoms. The minimum Gasteiger partial charge on any atom is -0.388 e. The van der Waals surface area contributed by atoms with Crippen molar-refractivity contribution in [1.82, 2.24) is 5.32 Å². The van der Waals surface area contributed by atoms with E-state index in [0.29, 0.717) is 18.0 Å². The van der Waals surface area contributed by atoms with Crippen molar-refractivity contribution in [2.45, 2.75) is 12.8 Å². The van der Waals surface area contributed by atoms with Gasteiger partial charge in [-0.2, -0.15) is 0 Å². The van der Waals surface area contributed by atoms with E-state index in [-0.39, 0.29) is 5.91 Å². The molecule has 0 saturated heterocycles. The van der Waals surface area contributed by atoms with Crippen LogP contribution in [0.2, 0.25) is 0 Å². The number of rotatable bonds is 5. The molecule has 2 N–H and O–H groups in total. The number of hydrogen-bond acceptors (Lipinski definition) is 2. The lowest BCUT2D eigenvalue weighted by Gasteiger charge is -2.13. The smallest absolute Gasteiger partial charge is 0.251 e. The van der Waals surface area contributed by atoms with Gasteiger partial charge in [-0.1, -0.05) is 37.3 Å². The van der Waals surface area contributed by atoms with Gasteiger partial charge in [-0.15, -0.1) is 0 Å². The number of anilines is 1. The van der Waals surface area contributed by atoms with Crippen molar-refractivity contribution >= 4 is 11.6 Å². The molecule has 2 rings (SSSR count). The van der Waals surface area contributed by atoms with Gasteiger partial charge in [-0.3, -0.25) is 4.79 Å². The Morgan fingerprint density at radius 2 is 1.70 bits per heavy atom. The number of benzene rings is 2. The first-order valence-corrected chi connectivity index (χ1v) is 6.81. The van der Waals surface area contributed by atoms with Crippen LogP contribution >= 0.6 is 0 Å². The summed E-state index contributed by atoms with van der Waals surface area (Å²) in [7, 11) is 1.86. The molecule has 104 valence electrons. The van der Waals surface area contributed by atoms with E-state index >= 15 is 0 Å². The number of carbonyl (C=O) groups is 1. The molecule has 2 aromatic carbocycles. The molecule has 1 atom stereocenters. The molecule has 0 aliphatic rings. The van der Waals surface area contributed by atoms with Crippen LogP contribution in [0.15, 0.2) is 54.6 Å². The van der Waals surface area contributed by atoms with Gasteiger partial charge < -0.3 is 10.6 Å². The zero-order chi connectivity index (χ0) is 14.4. The van der Waals surface area contributed by atoms with Gasteiger partial charge in [0.05, 0.1) is 0 Å². The summed E-state index contributed by atoms with van der Waals surface area (Å²) < 4.78 is 0. The van der Waals surface area contributed by atoms with E-state index in [2.05, 4.69) is 29.7 Å². The Labute approximate surface area is 120 Å². The molecule has 0 heterocycles. The van der Waals surface area contributed by atoms with Crippen LogP contribution in [0.3, 0.4) is 0 Å². The Kier molecular flexibility index (Phi) is 4.77. The Bertz CT molecular complexity index is 549. The molecule has 0 spiro atoms.